The number of aliphatic hydroxyl groups is 1. The van der Waals surface area contributed by atoms with Crippen LogP contribution < -0.4 is 4.74 Å². The lowest BCUT2D eigenvalue weighted by Crippen LogP contribution is -2.11. The second kappa shape index (κ2) is 6.42. The molecule has 1 aliphatic rings. The molecule has 1 fully saturated rings. The summed E-state index contributed by atoms with van der Waals surface area (Å²) < 4.78 is 5.38. The Morgan fingerprint density at radius 3 is 2.26 bits per heavy atom. The van der Waals surface area contributed by atoms with Crippen LogP contribution in [0, 0.1) is 19.8 Å². The molecule has 1 aromatic rings. The monoisotopic (exact) mass is 262 g/mol. The molecule has 0 amide bonds. The van der Waals surface area contributed by atoms with Crippen molar-refractivity contribution in [2.24, 2.45) is 5.92 Å². The van der Waals surface area contributed by atoms with Crippen molar-refractivity contribution >= 4 is 0 Å². The van der Waals surface area contributed by atoms with Gasteiger partial charge in [0.25, 0.3) is 0 Å². The Morgan fingerprint density at radius 2 is 1.74 bits per heavy atom. The van der Waals surface area contributed by atoms with Crippen LogP contribution in [0.25, 0.3) is 0 Å². The van der Waals surface area contributed by atoms with E-state index in [-0.39, 0.29) is 6.10 Å². The first-order chi connectivity index (χ1) is 9.11. The molecule has 2 heteroatoms. The zero-order chi connectivity index (χ0) is 13.8. The molecule has 0 heterocycles. The summed E-state index contributed by atoms with van der Waals surface area (Å²) in [7, 11) is 1.70. The topological polar surface area (TPSA) is 29.5 Å². The molecule has 1 N–H and O–H groups in total. The van der Waals surface area contributed by atoms with E-state index in [1.807, 2.05) is 13.8 Å². The van der Waals surface area contributed by atoms with Gasteiger partial charge in [0.1, 0.15) is 5.75 Å². The summed E-state index contributed by atoms with van der Waals surface area (Å²) >= 11 is 0. The molecule has 1 saturated carbocycles. The largest absolute Gasteiger partial charge is 0.496 e. The lowest BCUT2D eigenvalue weighted by molar-refractivity contribution is 0.131. The van der Waals surface area contributed by atoms with Crippen molar-refractivity contribution in [2.75, 3.05) is 7.11 Å². The Hall–Kier alpha value is -1.02. The summed E-state index contributed by atoms with van der Waals surface area (Å²) in [6.07, 6.45) is 7.18. The Labute approximate surface area is 116 Å². The van der Waals surface area contributed by atoms with E-state index < -0.39 is 0 Å². The number of hydrogen-bond acceptors (Lipinski definition) is 2. The summed E-state index contributed by atoms with van der Waals surface area (Å²) in [5, 5.41) is 10.4. The standard InChI is InChI=1S/C17H26O2/c1-12-9-15(10-13(2)17(12)19-3)16(18)11-14-7-5-4-6-8-14/h9-10,14,16,18H,4-8,11H2,1-3H3. The molecule has 0 radical (unpaired) electrons. The number of benzene rings is 1. The molecule has 2 rings (SSSR count). The lowest BCUT2D eigenvalue weighted by Gasteiger charge is -2.24. The summed E-state index contributed by atoms with van der Waals surface area (Å²) in [6.45, 7) is 4.09. The Kier molecular flexibility index (Phi) is 4.87. The third-order valence-corrected chi connectivity index (χ3v) is 4.35. The van der Waals surface area contributed by atoms with E-state index in [2.05, 4.69) is 12.1 Å². The molecule has 0 bridgehead atoms. The molecule has 1 unspecified atom stereocenters. The van der Waals surface area contributed by atoms with Crippen LogP contribution in [0.5, 0.6) is 5.75 Å². The maximum Gasteiger partial charge on any atom is 0.124 e. The van der Waals surface area contributed by atoms with Crippen LogP contribution in [0.3, 0.4) is 0 Å². The second-order valence-corrected chi connectivity index (χ2v) is 5.94. The highest BCUT2D eigenvalue weighted by molar-refractivity contribution is 5.43. The Bertz CT molecular complexity index is 396. The zero-order valence-electron chi connectivity index (χ0n) is 12.4. The van der Waals surface area contributed by atoms with Crippen molar-refractivity contribution in [3.8, 4) is 5.75 Å². The summed E-state index contributed by atoms with van der Waals surface area (Å²) in [6, 6.07) is 4.14. The first kappa shape index (κ1) is 14.4. The molecular formula is C17H26O2. The predicted octanol–water partition coefficient (Wildman–Crippen LogP) is 4.32. The van der Waals surface area contributed by atoms with Crippen LogP contribution in [0.4, 0.5) is 0 Å². The third-order valence-electron chi connectivity index (χ3n) is 4.35. The SMILES string of the molecule is COc1c(C)cc(C(O)CC2CCCCC2)cc1C. The minimum atomic E-state index is -0.327. The van der Waals surface area contributed by atoms with Gasteiger partial charge >= 0.3 is 0 Å². The third kappa shape index (κ3) is 3.50. The molecule has 0 saturated heterocycles. The normalized spacial score (nSPS) is 18.3. The van der Waals surface area contributed by atoms with Crippen molar-refractivity contribution in [1.29, 1.82) is 0 Å². The van der Waals surface area contributed by atoms with Gasteiger partial charge in [-0.25, -0.2) is 0 Å². The molecule has 2 nitrogen and oxygen atoms in total. The average Bonchev–Trinajstić information content (AvgIpc) is 2.39. The van der Waals surface area contributed by atoms with Crippen LogP contribution in [-0.4, -0.2) is 12.2 Å². The minimum absolute atomic E-state index is 0.327. The predicted molar refractivity (Wildman–Crippen MR) is 78.6 cm³/mol. The quantitative estimate of drug-likeness (QED) is 0.876. The van der Waals surface area contributed by atoms with E-state index in [0.29, 0.717) is 5.92 Å². The second-order valence-electron chi connectivity index (χ2n) is 5.94. The van der Waals surface area contributed by atoms with E-state index in [9.17, 15) is 5.11 Å². The van der Waals surface area contributed by atoms with E-state index in [1.54, 1.807) is 7.11 Å². The molecule has 106 valence electrons. The van der Waals surface area contributed by atoms with Crippen molar-refractivity contribution in [2.45, 2.75) is 58.5 Å². The minimum Gasteiger partial charge on any atom is -0.496 e. The van der Waals surface area contributed by atoms with Gasteiger partial charge in [0.15, 0.2) is 0 Å². The fourth-order valence-electron chi connectivity index (χ4n) is 3.37. The number of ether oxygens (including phenoxy) is 1. The maximum absolute atomic E-state index is 10.4. The number of rotatable bonds is 4. The van der Waals surface area contributed by atoms with E-state index in [1.165, 1.54) is 32.1 Å². The number of methoxy groups -OCH3 is 1. The molecule has 1 aliphatic carbocycles. The number of hydrogen-bond donors (Lipinski definition) is 1. The zero-order valence-corrected chi connectivity index (χ0v) is 12.4. The Balaban J connectivity index is 2.08. The van der Waals surface area contributed by atoms with Crippen molar-refractivity contribution in [3.05, 3.63) is 28.8 Å². The van der Waals surface area contributed by atoms with Crippen LogP contribution >= 0.6 is 0 Å². The molecular weight excluding hydrogens is 236 g/mol. The van der Waals surface area contributed by atoms with Crippen molar-refractivity contribution in [3.63, 3.8) is 0 Å². The van der Waals surface area contributed by atoms with Crippen LogP contribution in [0.15, 0.2) is 12.1 Å². The summed E-state index contributed by atoms with van der Waals surface area (Å²) in [5.74, 6) is 1.64. The van der Waals surface area contributed by atoms with Gasteiger partial charge in [-0.05, 0) is 55.0 Å². The number of aliphatic hydroxyl groups excluding tert-OH is 1. The molecule has 1 atom stereocenters. The first-order valence-electron chi connectivity index (χ1n) is 7.45. The number of aryl methyl sites for hydroxylation is 2. The summed E-state index contributed by atoms with van der Waals surface area (Å²) in [4.78, 5) is 0. The maximum atomic E-state index is 10.4. The fourth-order valence-corrected chi connectivity index (χ4v) is 3.37. The highest BCUT2D eigenvalue weighted by Crippen LogP contribution is 2.34. The molecule has 19 heavy (non-hydrogen) atoms. The van der Waals surface area contributed by atoms with Crippen molar-refractivity contribution < 1.29 is 9.84 Å². The van der Waals surface area contributed by atoms with Gasteiger partial charge in [-0.2, -0.15) is 0 Å². The van der Waals surface area contributed by atoms with Crippen LogP contribution in [0.1, 0.15) is 61.3 Å². The smallest absolute Gasteiger partial charge is 0.124 e. The van der Waals surface area contributed by atoms with E-state index in [0.717, 1.165) is 28.9 Å². The van der Waals surface area contributed by atoms with Gasteiger partial charge in [-0.3, -0.25) is 0 Å². The van der Waals surface area contributed by atoms with Gasteiger partial charge in [0.05, 0.1) is 13.2 Å². The highest BCUT2D eigenvalue weighted by Gasteiger charge is 2.19. The first-order valence-corrected chi connectivity index (χ1v) is 7.45. The molecule has 0 aromatic heterocycles. The van der Waals surface area contributed by atoms with E-state index in [4.69, 9.17) is 4.74 Å². The lowest BCUT2D eigenvalue weighted by atomic mass is 9.84. The Morgan fingerprint density at radius 1 is 1.16 bits per heavy atom. The van der Waals surface area contributed by atoms with Gasteiger partial charge in [-0.15, -0.1) is 0 Å². The van der Waals surface area contributed by atoms with Crippen molar-refractivity contribution in [1.82, 2.24) is 0 Å². The highest BCUT2D eigenvalue weighted by atomic mass is 16.5. The molecule has 0 spiro atoms. The van der Waals surface area contributed by atoms with Crippen LogP contribution in [-0.2, 0) is 0 Å². The summed E-state index contributed by atoms with van der Waals surface area (Å²) in [5.41, 5.74) is 3.27. The average molecular weight is 262 g/mol. The molecule has 0 aliphatic heterocycles. The van der Waals surface area contributed by atoms with Gasteiger partial charge in [0.2, 0.25) is 0 Å². The van der Waals surface area contributed by atoms with Gasteiger partial charge < -0.3 is 9.84 Å². The van der Waals surface area contributed by atoms with Gasteiger partial charge in [-0.1, -0.05) is 32.1 Å². The molecule has 1 aromatic carbocycles. The van der Waals surface area contributed by atoms with E-state index >= 15 is 0 Å². The van der Waals surface area contributed by atoms with Crippen LogP contribution in [0.2, 0.25) is 0 Å². The fraction of sp³-hybridized carbons (Fsp3) is 0.647. The van der Waals surface area contributed by atoms with Gasteiger partial charge in [0, 0.05) is 0 Å².